The normalized spacial score (nSPS) is 18.9. The van der Waals surface area contributed by atoms with Crippen molar-refractivity contribution in [2.45, 2.75) is 38.0 Å². The molecule has 196 valence electrons. The van der Waals surface area contributed by atoms with Crippen molar-refractivity contribution in [3.63, 3.8) is 0 Å². The van der Waals surface area contributed by atoms with Gasteiger partial charge in [-0.3, -0.25) is 20.2 Å². The predicted octanol–water partition coefficient (Wildman–Crippen LogP) is 1.78. The summed E-state index contributed by atoms with van der Waals surface area (Å²) in [5.41, 5.74) is 7.42. The Morgan fingerprint density at radius 1 is 1.31 bits per heavy atom. The summed E-state index contributed by atoms with van der Waals surface area (Å²) < 4.78 is 62.1. The van der Waals surface area contributed by atoms with Crippen LogP contribution in [-0.2, 0) is 14.4 Å². The molecular formula is C20H26ClF5N6O3. The molecule has 0 saturated carbocycles. The third kappa shape index (κ3) is 8.96. The fourth-order valence-corrected chi connectivity index (χ4v) is 3.55. The van der Waals surface area contributed by atoms with E-state index in [-0.39, 0.29) is 24.2 Å². The topological polar surface area (TPSA) is 143 Å². The number of likely N-dealkylation sites (tertiary alicyclic amines) is 1. The van der Waals surface area contributed by atoms with Crippen molar-refractivity contribution in [2.24, 2.45) is 17.5 Å². The zero-order valence-electron chi connectivity index (χ0n) is 18.8. The summed E-state index contributed by atoms with van der Waals surface area (Å²) in [7, 11) is 1.40. The largest absolute Gasteiger partial charge is 0.400 e. The zero-order valence-corrected chi connectivity index (χ0v) is 19.5. The average Bonchev–Trinajstić information content (AvgIpc) is 3.16. The number of nitrogens with zero attached hydrogens (tertiary/aromatic N) is 1. The Hall–Kier alpha value is -2.97. The van der Waals surface area contributed by atoms with Crippen LogP contribution in [0.1, 0.15) is 19.8 Å². The fraction of sp³-hybridized carbons (Fsp3) is 0.450. The van der Waals surface area contributed by atoms with Crippen LogP contribution in [-0.4, -0.2) is 54.9 Å². The van der Waals surface area contributed by atoms with Gasteiger partial charge in [0, 0.05) is 36.2 Å². The number of nitrogens with two attached hydrogens (primary N) is 2. The summed E-state index contributed by atoms with van der Waals surface area (Å²) in [4.78, 5) is 35.4. The molecule has 1 aromatic rings. The molecule has 0 aliphatic carbocycles. The number of hydrogen-bond donors (Lipinski definition) is 5. The van der Waals surface area contributed by atoms with Crippen LogP contribution in [0.15, 0.2) is 24.0 Å². The van der Waals surface area contributed by atoms with Crippen LogP contribution in [0, 0.1) is 17.6 Å². The van der Waals surface area contributed by atoms with E-state index >= 15 is 0 Å². The quantitative estimate of drug-likeness (QED) is 0.0906. The Labute approximate surface area is 203 Å². The fourth-order valence-electron chi connectivity index (χ4n) is 3.35. The van der Waals surface area contributed by atoms with Crippen LogP contribution < -0.4 is 27.6 Å². The van der Waals surface area contributed by atoms with E-state index in [1.807, 2.05) is 0 Å². The number of rotatable bonds is 7. The van der Waals surface area contributed by atoms with Gasteiger partial charge in [-0.1, -0.05) is 11.6 Å². The highest BCUT2D eigenvalue weighted by Crippen LogP contribution is 2.27. The second-order valence-corrected chi connectivity index (χ2v) is 7.91. The van der Waals surface area contributed by atoms with Gasteiger partial charge in [0.2, 0.25) is 12.2 Å². The maximum Gasteiger partial charge on any atom is 0.390 e. The standard InChI is InChI=1S/C14H13ClF2N2O3.C6H13F3N4/c1-7-9(2-3-19(7)12(21)6-20)14(22)18-8-4-10(15)13(17)11(16)5-8;1-12-5(2-6(7,8)9)4(10)3-13-11/h4-7,9H,2-3H2,1H3,(H,18,22);3,5,12-13H,2,10-11H2,1H3/b;4-3-/t7-,9?;/m0./s1. The Morgan fingerprint density at radius 2 is 1.94 bits per heavy atom. The number of amides is 2. The smallest absolute Gasteiger partial charge is 0.390 e. The van der Waals surface area contributed by atoms with E-state index in [2.05, 4.69) is 16.1 Å². The molecule has 2 rings (SSSR count). The Kier molecular flexibility index (Phi) is 11.3. The van der Waals surface area contributed by atoms with Crippen molar-refractivity contribution in [3.05, 3.63) is 40.7 Å². The molecule has 0 aromatic heterocycles. The summed E-state index contributed by atoms with van der Waals surface area (Å²) in [5, 5.41) is 4.44. The van der Waals surface area contributed by atoms with Crippen molar-refractivity contribution in [1.82, 2.24) is 15.6 Å². The van der Waals surface area contributed by atoms with E-state index in [0.29, 0.717) is 6.42 Å². The maximum absolute atomic E-state index is 13.3. The number of alkyl halides is 3. The molecule has 0 radical (unpaired) electrons. The Balaban J connectivity index is 0.000000405. The van der Waals surface area contributed by atoms with Crippen molar-refractivity contribution in [2.75, 3.05) is 18.9 Å². The number of benzene rings is 1. The molecule has 0 bridgehead atoms. The molecule has 7 N–H and O–H groups in total. The van der Waals surface area contributed by atoms with Gasteiger partial charge in [0.15, 0.2) is 11.6 Å². The first-order chi connectivity index (χ1) is 16.2. The van der Waals surface area contributed by atoms with Crippen LogP contribution in [0.25, 0.3) is 0 Å². The first-order valence-corrected chi connectivity index (χ1v) is 10.5. The van der Waals surface area contributed by atoms with Crippen molar-refractivity contribution < 1.29 is 36.3 Å². The van der Waals surface area contributed by atoms with Gasteiger partial charge < -0.3 is 26.7 Å². The van der Waals surface area contributed by atoms with Gasteiger partial charge >= 0.3 is 6.18 Å². The molecule has 1 aromatic carbocycles. The first-order valence-electron chi connectivity index (χ1n) is 10.1. The predicted molar refractivity (Wildman–Crippen MR) is 118 cm³/mol. The molecule has 15 heteroatoms. The summed E-state index contributed by atoms with van der Waals surface area (Å²) in [6.45, 7) is 1.94. The van der Waals surface area contributed by atoms with E-state index in [0.717, 1.165) is 18.3 Å². The van der Waals surface area contributed by atoms with Crippen LogP contribution in [0.4, 0.5) is 27.6 Å². The summed E-state index contributed by atoms with van der Waals surface area (Å²) in [6.07, 6.45) is -3.57. The molecule has 1 saturated heterocycles. The number of halogens is 6. The number of hydrogen-bond acceptors (Lipinski definition) is 7. The molecule has 1 heterocycles. The number of anilines is 1. The maximum atomic E-state index is 13.3. The highest BCUT2D eigenvalue weighted by Gasteiger charge is 2.38. The van der Waals surface area contributed by atoms with E-state index in [4.69, 9.17) is 23.2 Å². The van der Waals surface area contributed by atoms with Crippen LogP contribution in [0.5, 0.6) is 0 Å². The van der Waals surface area contributed by atoms with Gasteiger partial charge in [-0.2, -0.15) is 13.2 Å². The van der Waals surface area contributed by atoms with Crippen LogP contribution >= 0.6 is 11.6 Å². The summed E-state index contributed by atoms with van der Waals surface area (Å²) >= 11 is 5.52. The van der Waals surface area contributed by atoms with Gasteiger partial charge in [-0.05, 0) is 26.5 Å². The second-order valence-electron chi connectivity index (χ2n) is 7.50. The number of carbonyl (C=O) groups is 3. The Morgan fingerprint density at radius 3 is 2.43 bits per heavy atom. The molecule has 9 nitrogen and oxygen atoms in total. The number of hydrazine groups is 1. The summed E-state index contributed by atoms with van der Waals surface area (Å²) in [6, 6.07) is 0.522. The first kappa shape index (κ1) is 30.1. The Bertz CT molecular complexity index is 923. The summed E-state index contributed by atoms with van der Waals surface area (Å²) in [5.74, 6) is 0.844. The van der Waals surface area contributed by atoms with Crippen LogP contribution in [0.2, 0.25) is 5.02 Å². The van der Waals surface area contributed by atoms with Gasteiger partial charge in [-0.15, -0.1) is 0 Å². The third-order valence-corrected chi connectivity index (χ3v) is 5.44. The van der Waals surface area contributed by atoms with Crippen LogP contribution in [0.3, 0.4) is 0 Å². The highest BCUT2D eigenvalue weighted by molar-refractivity contribution is 6.31. The lowest BCUT2D eigenvalue weighted by Gasteiger charge is -2.22. The van der Waals surface area contributed by atoms with Gasteiger partial charge in [0.05, 0.1) is 23.4 Å². The number of likely N-dealkylation sites (N-methyl/N-ethyl adjacent to an activating group) is 1. The minimum absolute atomic E-state index is 0.0160. The van der Waals surface area contributed by atoms with Crippen molar-refractivity contribution >= 4 is 35.4 Å². The average molecular weight is 529 g/mol. The molecule has 3 atom stereocenters. The van der Waals surface area contributed by atoms with Gasteiger partial charge in [0.1, 0.15) is 0 Å². The lowest BCUT2D eigenvalue weighted by molar-refractivity contribution is -0.139. The second kappa shape index (κ2) is 13.2. The van der Waals surface area contributed by atoms with Crippen molar-refractivity contribution in [3.8, 4) is 0 Å². The zero-order chi connectivity index (χ0) is 26.9. The van der Waals surface area contributed by atoms with E-state index in [1.165, 1.54) is 11.9 Å². The third-order valence-electron chi connectivity index (χ3n) is 5.16. The molecular weight excluding hydrogens is 503 g/mol. The molecule has 1 aliphatic heterocycles. The monoisotopic (exact) mass is 528 g/mol. The molecule has 1 aliphatic rings. The minimum atomic E-state index is -4.25. The number of aldehydes is 1. The SMILES string of the molecule is CNC(CC(F)(F)F)/C(N)=C/NN.C[C@H]1C(C(=O)Nc2cc(F)c(F)c(Cl)c2)CCN1C(=O)C=O. The minimum Gasteiger partial charge on any atom is -0.400 e. The van der Waals surface area contributed by atoms with E-state index in [1.54, 1.807) is 6.92 Å². The molecule has 0 spiro atoms. The van der Waals surface area contributed by atoms with Gasteiger partial charge in [-0.25, -0.2) is 8.78 Å². The number of carbonyl (C=O) groups excluding carboxylic acids is 3. The molecule has 2 amide bonds. The van der Waals surface area contributed by atoms with Gasteiger partial charge in [0.25, 0.3) is 5.91 Å². The molecule has 2 unspecified atom stereocenters. The lowest BCUT2D eigenvalue weighted by Crippen LogP contribution is -2.39. The molecule has 35 heavy (non-hydrogen) atoms. The van der Waals surface area contributed by atoms with E-state index < -0.39 is 59.1 Å². The highest BCUT2D eigenvalue weighted by atomic mass is 35.5. The molecule has 1 fully saturated rings. The number of nitrogens with one attached hydrogen (secondary N) is 3. The lowest BCUT2D eigenvalue weighted by atomic mass is 10.0. The van der Waals surface area contributed by atoms with Crippen molar-refractivity contribution in [1.29, 1.82) is 0 Å². The van der Waals surface area contributed by atoms with E-state index in [9.17, 15) is 36.3 Å².